The van der Waals surface area contributed by atoms with E-state index in [9.17, 15) is 4.79 Å². The third-order valence-electron chi connectivity index (χ3n) is 2.67. The fourth-order valence-corrected chi connectivity index (χ4v) is 3.77. The molecular weight excluding hydrogens is 342 g/mol. The standard InChI is InChI=1S/C12H9N5O2S3/c1-6-2-3-7(8(20)4-6)17-11(14-15-16-17)22-12-13-5-9(21-12)10(18)19/h2-5,20H,1H3,(H,18,19). The Kier molecular flexibility index (Phi) is 4.14. The van der Waals surface area contributed by atoms with E-state index in [4.69, 9.17) is 5.11 Å². The van der Waals surface area contributed by atoms with Gasteiger partial charge in [0, 0.05) is 4.90 Å². The maximum Gasteiger partial charge on any atom is 0.347 e. The highest BCUT2D eigenvalue weighted by Gasteiger charge is 2.16. The van der Waals surface area contributed by atoms with E-state index in [1.807, 2.05) is 25.1 Å². The molecule has 0 spiro atoms. The Morgan fingerprint density at radius 3 is 2.95 bits per heavy atom. The van der Waals surface area contributed by atoms with Crippen LogP contribution in [0.25, 0.3) is 5.69 Å². The van der Waals surface area contributed by atoms with Crippen molar-refractivity contribution in [2.24, 2.45) is 0 Å². The van der Waals surface area contributed by atoms with Crippen LogP contribution in [0.5, 0.6) is 0 Å². The number of rotatable bonds is 4. The molecule has 0 aliphatic heterocycles. The number of nitrogens with zero attached hydrogens (tertiary/aromatic N) is 5. The molecule has 2 heterocycles. The second-order valence-corrected chi connectivity index (χ2v) is 6.99. The predicted molar refractivity (Wildman–Crippen MR) is 84.3 cm³/mol. The van der Waals surface area contributed by atoms with E-state index in [2.05, 4.69) is 33.1 Å². The van der Waals surface area contributed by atoms with Gasteiger partial charge in [-0.3, -0.25) is 0 Å². The number of hydrogen-bond donors (Lipinski definition) is 2. The number of thiol groups is 1. The fraction of sp³-hybridized carbons (Fsp3) is 0.0833. The van der Waals surface area contributed by atoms with E-state index in [0.29, 0.717) is 9.50 Å². The molecular formula is C12H9N5O2S3. The first kappa shape index (κ1) is 15.0. The van der Waals surface area contributed by atoms with E-state index in [1.165, 1.54) is 18.0 Å². The molecule has 3 rings (SSSR count). The van der Waals surface area contributed by atoms with Crippen LogP contribution in [-0.4, -0.2) is 36.3 Å². The highest BCUT2D eigenvalue weighted by molar-refractivity contribution is 8.00. The molecule has 22 heavy (non-hydrogen) atoms. The highest BCUT2D eigenvalue weighted by Crippen LogP contribution is 2.31. The number of carboxylic acids is 1. The van der Waals surface area contributed by atoms with Crippen molar-refractivity contribution < 1.29 is 9.90 Å². The lowest BCUT2D eigenvalue weighted by atomic mass is 10.2. The second kappa shape index (κ2) is 6.07. The molecule has 2 aromatic heterocycles. The van der Waals surface area contributed by atoms with Crippen molar-refractivity contribution in [2.75, 3.05) is 0 Å². The van der Waals surface area contributed by atoms with Crippen LogP contribution in [0.2, 0.25) is 0 Å². The van der Waals surface area contributed by atoms with E-state index in [-0.39, 0.29) is 4.88 Å². The van der Waals surface area contributed by atoms with Crippen LogP contribution in [0.3, 0.4) is 0 Å². The molecule has 1 N–H and O–H groups in total. The summed E-state index contributed by atoms with van der Waals surface area (Å²) in [5.74, 6) is -1.000. The fourth-order valence-electron chi connectivity index (χ4n) is 1.69. The summed E-state index contributed by atoms with van der Waals surface area (Å²) in [5, 5.41) is 21.0. The molecule has 3 aromatic rings. The van der Waals surface area contributed by atoms with Gasteiger partial charge in [0.1, 0.15) is 4.88 Å². The van der Waals surface area contributed by atoms with Gasteiger partial charge in [0.05, 0.1) is 11.9 Å². The minimum absolute atomic E-state index is 0.173. The summed E-state index contributed by atoms with van der Waals surface area (Å²) in [6.07, 6.45) is 1.32. The second-order valence-electron chi connectivity index (χ2n) is 4.26. The molecule has 7 nitrogen and oxygen atoms in total. The number of thiazole rings is 1. The van der Waals surface area contributed by atoms with Gasteiger partial charge in [-0.25, -0.2) is 9.78 Å². The molecule has 0 radical (unpaired) electrons. The Bertz CT molecular complexity index is 845. The Labute approximate surface area is 138 Å². The molecule has 112 valence electrons. The van der Waals surface area contributed by atoms with E-state index < -0.39 is 5.97 Å². The maximum absolute atomic E-state index is 10.9. The number of aromatic nitrogens is 5. The largest absolute Gasteiger partial charge is 0.477 e. The van der Waals surface area contributed by atoms with Crippen LogP contribution >= 0.6 is 35.7 Å². The van der Waals surface area contributed by atoms with Gasteiger partial charge in [-0.05, 0) is 46.8 Å². The third-order valence-corrected chi connectivity index (χ3v) is 5.03. The van der Waals surface area contributed by atoms with E-state index >= 15 is 0 Å². The van der Waals surface area contributed by atoms with Crippen LogP contribution in [0.15, 0.2) is 38.8 Å². The molecule has 0 bridgehead atoms. The van der Waals surface area contributed by atoms with Crippen molar-refractivity contribution in [3.63, 3.8) is 0 Å². The first-order valence-corrected chi connectivity index (χ1v) is 8.08. The minimum atomic E-state index is -1.000. The summed E-state index contributed by atoms with van der Waals surface area (Å²) in [7, 11) is 0. The molecule has 0 fully saturated rings. The van der Waals surface area contributed by atoms with Crippen LogP contribution in [0.4, 0.5) is 0 Å². The summed E-state index contributed by atoms with van der Waals surface area (Å²) in [6.45, 7) is 1.97. The lowest BCUT2D eigenvalue weighted by Gasteiger charge is -2.06. The molecule has 0 saturated heterocycles. The quantitative estimate of drug-likeness (QED) is 0.698. The number of carbonyl (C=O) groups is 1. The van der Waals surface area contributed by atoms with Crippen LogP contribution in [0.1, 0.15) is 15.2 Å². The number of aryl methyl sites for hydroxylation is 1. The van der Waals surface area contributed by atoms with Gasteiger partial charge in [0.2, 0.25) is 5.16 Å². The van der Waals surface area contributed by atoms with Gasteiger partial charge < -0.3 is 5.11 Å². The lowest BCUT2D eigenvalue weighted by molar-refractivity contribution is 0.0702. The van der Waals surface area contributed by atoms with E-state index in [1.54, 1.807) is 4.68 Å². The number of aromatic carboxylic acids is 1. The average Bonchev–Trinajstić information content (AvgIpc) is 3.09. The average molecular weight is 351 g/mol. The zero-order valence-corrected chi connectivity index (χ0v) is 13.7. The molecule has 0 saturated carbocycles. The molecule has 0 aliphatic rings. The Balaban J connectivity index is 1.93. The Hall–Kier alpha value is -1.91. The van der Waals surface area contributed by atoms with Crippen LogP contribution in [-0.2, 0) is 0 Å². The van der Waals surface area contributed by atoms with Gasteiger partial charge in [-0.1, -0.05) is 6.07 Å². The third kappa shape index (κ3) is 2.98. The first-order chi connectivity index (χ1) is 10.5. The smallest absolute Gasteiger partial charge is 0.347 e. The van der Waals surface area contributed by atoms with Crippen LogP contribution < -0.4 is 0 Å². The van der Waals surface area contributed by atoms with Crippen molar-refractivity contribution in [3.05, 3.63) is 34.8 Å². The molecule has 10 heteroatoms. The number of benzene rings is 1. The van der Waals surface area contributed by atoms with Crippen molar-refractivity contribution in [3.8, 4) is 5.69 Å². The normalized spacial score (nSPS) is 10.8. The van der Waals surface area contributed by atoms with Gasteiger partial charge in [-0.15, -0.1) is 29.1 Å². The van der Waals surface area contributed by atoms with Crippen LogP contribution in [0, 0.1) is 6.92 Å². The van der Waals surface area contributed by atoms with Gasteiger partial charge in [-0.2, -0.15) is 4.68 Å². The number of tetrazole rings is 1. The summed E-state index contributed by atoms with van der Waals surface area (Å²) in [6, 6.07) is 5.74. The van der Waals surface area contributed by atoms with Crippen molar-refractivity contribution in [1.29, 1.82) is 0 Å². The minimum Gasteiger partial charge on any atom is -0.477 e. The van der Waals surface area contributed by atoms with Crippen molar-refractivity contribution >= 4 is 41.7 Å². The van der Waals surface area contributed by atoms with Crippen molar-refractivity contribution in [1.82, 2.24) is 25.2 Å². The summed E-state index contributed by atoms with van der Waals surface area (Å²) >= 11 is 6.72. The first-order valence-electron chi connectivity index (χ1n) is 6.00. The maximum atomic E-state index is 10.9. The monoisotopic (exact) mass is 351 g/mol. The Morgan fingerprint density at radius 1 is 1.45 bits per heavy atom. The molecule has 1 aromatic carbocycles. The molecule has 0 unspecified atom stereocenters. The highest BCUT2D eigenvalue weighted by atomic mass is 32.2. The lowest BCUT2D eigenvalue weighted by Crippen LogP contribution is -2.00. The molecule has 0 atom stereocenters. The van der Waals surface area contributed by atoms with Gasteiger partial charge in [0.25, 0.3) is 0 Å². The topological polar surface area (TPSA) is 93.8 Å². The van der Waals surface area contributed by atoms with Gasteiger partial charge in [0.15, 0.2) is 4.34 Å². The predicted octanol–water partition coefficient (Wildman–Crippen LogP) is 2.57. The molecule has 0 aliphatic carbocycles. The van der Waals surface area contributed by atoms with Gasteiger partial charge >= 0.3 is 5.97 Å². The summed E-state index contributed by atoms with van der Waals surface area (Å²) in [5.41, 5.74) is 1.83. The Morgan fingerprint density at radius 2 is 2.27 bits per heavy atom. The van der Waals surface area contributed by atoms with E-state index in [0.717, 1.165) is 27.5 Å². The number of carboxylic acid groups (broad SMARTS) is 1. The molecule has 0 amide bonds. The number of hydrogen-bond acceptors (Lipinski definition) is 8. The zero-order valence-electron chi connectivity index (χ0n) is 11.2. The SMILES string of the molecule is Cc1ccc(-n2nnnc2Sc2ncc(C(=O)O)s2)c(S)c1. The summed E-state index contributed by atoms with van der Waals surface area (Å²) in [4.78, 5) is 15.9. The summed E-state index contributed by atoms with van der Waals surface area (Å²) < 4.78 is 2.11. The van der Waals surface area contributed by atoms with Crippen molar-refractivity contribution in [2.45, 2.75) is 21.3 Å². The zero-order chi connectivity index (χ0) is 15.7.